The summed E-state index contributed by atoms with van der Waals surface area (Å²) < 4.78 is 17.3. The summed E-state index contributed by atoms with van der Waals surface area (Å²) in [5.41, 5.74) is 0.937. The van der Waals surface area contributed by atoms with Crippen molar-refractivity contribution in [1.82, 2.24) is 9.78 Å². The standard InChI is InChI=1S/C23H24ClN3O6/c1-4-32-23(30)18-12-27(17-8-5-15(24)6-9-17)26-21(18)22(29)25-16-7-10-19(20(11-16)31-3)33-13-14(2)28/h5-12,14,28H,4,13H2,1-3H3,(H,25,29). The summed E-state index contributed by atoms with van der Waals surface area (Å²) in [5, 5.41) is 17.0. The molecule has 0 saturated heterocycles. The Labute approximate surface area is 195 Å². The maximum Gasteiger partial charge on any atom is 0.342 e. The van der Waals surface area contributed by atoms with Crippen molar-refractivity contribution in [2.45, 2.75) is 20.0 Å². The molecule has 0 saturated carbocycles. The van der Waals surface area contributed by atoms with Crippen LogP contribution in [0.2, 0.25) is 5.02 Å². The van der Waals surface area contributed by atoms with E-state index in [9.17, 15) is 14.7 Å². The molecule has 1 heterocycles. The van der Waals surface area contributed by atoms with Gasteiger partial charge in [0, 0.05) is 23.0 Å². The molecule has 10 heteroatoms. The summed E-state index contributed by atoms with van der Waals surface area (Å²) in [6.45, 7) is 3.52. The molecular formula is C23H24ClN3O6. The normalized spacial score (nSPS) is 11.5. The number of anilines is 1. The molecule has 33 heavy (non-hydrogen) atoms. The van der Waals surface area contributed by atoms with E-state index in [2.05, 4.69) is 10.4 Å². The number of benzene rings is 2. The number of nitrogens with zero attached hydrogens (tertiary/aromatic N) is 2. The quantitative estimate of drug-likeness (QED) is 0.455. The Morgan fingerprint density at radius 2 is 1.91 bits per heavy atom. The van der Waals surface area contributed by atoms with Gasteiger partial charge in [-0.2, -0.15) is 5.10 Å². The van der Waals surface area contributed by atoms with Gasteiger partial charge in [0.2, 0.25) is 0 Å². The van der Waals surface area contributed by atoms with Gasteiger partial charge in [-0.1, -0.05) is 11.6 Å². The molecule has 0 aliphatic carbocycles. The van der Waals surface area contributed by atoms with Gasteiger partial charge in [0.25, 0.3) is 5.91 Å². The summed E-state index contributed by atoms with van der Waals surface area (Å²) in [6.07, 6.45) is 0.787. The molecule has 0 radical (unpaired) electrons. The van der Waals surface area contributed by atoms with E-state index >= 15 is 0 Å². The highest BCUT2D eigenvalue weighted by Gasteiger charge is 2.24. The largest absolute Gasteiger partial charge is 0.493 e. The molecule has 0 aliphatic heterocycles. The number of aromatic nitrogens is 2. The number of methoxy groups -OCH3 is 1. The van der Waals surface area contributed by atoms with Crippen molar-refractivity contribution < 1.29 is 28.9 Å². The number of aliphatic hydroxyl groups excluding tert-OH is 1. The summed E-state index contributed by atoms with van der Waals surface area (Å²) in [4.78, 5) is 25.5. The smallest absolute Gasteiger partial charge is 0.342 e. The highest BCUT2D eigenvalue weighted by molar-refractivity contribution is 6.30. The van der Waals surface area contributed by atoms with Crippen molar-refractivity contribution in [1.29, 1.82) is 0 Å². The van der Waals surface area contributed by atoms with Gasteiger partial charge in [-0.15, -0.1) is 0 Å². The molecule has 0 spiro atoms. The zero-order valence-corrected chi connectivity index (χ0v) is 19.1. The topological polar surface area (TPSA) is 112 Å². The van der Waals surface area contributed by atoms with Crippen LogP contribution in [0, 0.1) is 0 Å². The molecule has 0 fully saturated rings. The lowest BCUT2D eigenvalue weighted by Gasteiger charge is -2.13. The van der Waals surface area contributed by atoms with Crippen molar-refractivity contribution in [3.05, 3.63) is 64.9 Å². The van der Waals surface area contributed by atoms with Crippen LogP contribution in [-0.2, 0) is 4.74 Å². The second-order valence-electron chi connectivity index (χ2n) is 7.01. The third-order valence-corrected chi connectivity index (χ3v) is 4.67. The minimum absolute atomic E-state index is 0.0214. The molecule has 1 amide bonds. The fourth-order valence-corrected chi connectivity index (χ4v) is 3.02. The van der Waals surface area contributed by atoms with Crippen LogP contribution in [0.3, 0.4) is 0 Å². The lowest BCUT2D eigenvalue weighted by Crippen LogP contribution is -2.17. The van der Waals surface area contributed by atoms with Gasteiger partial charge in [0.15, 0.2) is 17.2 Å². The average molecular weight is 474 g/mol. The van der Waals surface area contributed by atoms with Crippen molar-refractivity contribution in [2.24, 2.45) is 0 Å². The maximum absolute atomic E-state index is 13.0. The van der Waals surface area contributed by atoms with E-state index in [4.69, 9.17) is 25.8 Å². The lowest BCUT2D eigenvalue weighted by molar-refractivity contribution is 0.0523. The van der Waals surface area contributed by atoms with Gasteiger partial charge < -0.3 is 24.6 Å². The van der Waals surface area contributed by atoms with Crippen LogP contribution in [0.15, 0.2) is 48.7 Å². The van der Waals surface area contributed by atoms with Crippen molar-refractivity contribution in [3.8, 4) is 17.2 Å². The molecule has 1 unspecified atom stereocenters. The van der Waals surface area contributed by atoms with E-state index in [1.54, 1.807) is 56.3 Å². The first-order valence-corrected chi connectivity index (χ1v) is 10.5. The fraction of sp³-hybridized carbons (Fsp3) is 0.261. The van der Waals surface area contributed by atoms with Gasteiger partial charge in [-0.3, -0.25) is 4.79 Å². The van der Waals surface area contributed by atoms with Gasteiger partial charge in [0.05, 0.1) is 25.5 Å². The number of carbonyl (C=O) groups excluding carboxylic acids is 2. The van der Waals surface area contributed by atoms with Crippen LogP contribution in [0.1, 0.15) is 34.7 Å². The first-order valence-electron chi connectivity index (χ1n) is 10.1. The van der Waals surface area contributed by atoms with E-state index in [1.807, 2.05) is 0 Å². The molecule has 9 nitrogen and oxygen atoms in total. The van der Waals surface area contributed by atoms with Crippen LogP contribution < -0.4 is 14.8 Å². The van der Waals surface area contributed by atoms with Gasteiger partial charge in [0.1, 0.15) is 12.2 Å². The average Bonchev–Trinajstić information content (AvgIpc) is 3.24. The van der Waals surface area contributed by atoms with E-state index in [0.29, 0.717) is 27.9 Å². The molecule has 2 aromatic carbocycles. The second kappa shape index (κ2) is 10.8. The minimum atomic E-state index is -0.665. The zero-order chi connectivity index (χ0) is 24.0. The van der Waals surface area contributed by atoms with Crippen LogP contribution in [-0.4, -0.2) is 53.2 Å². The molecule has 1 aromatic heterocycles. The number of ether oxygens (including phenoxy) is 3. The molecule has 3 aromatic rings. The monoisotopic (exact) mass is 473 g/mol. The summed E-state index contributed by atoms with van der Waals surface area (Å²) in [5.74, 6) is -0.492. The van der Waals surface area contributed by atoms with Crippen molar-refractivity contribution in [3.63, 3.8) is 0 Å². The summed E-state index contributed by atoms with van der Waals surface area (Å²) in [6, 6.07) is 11.6. The van der Waals surface area contributed by atoms with Gasteiger partial charge >= 0.3 is 5.97 Å². The Kier molecular flexibility index (Phi) is 7.92. The van der Waals surface area contributed by atoms with E-state index in [1.165, 1.54) is 18.0 Å². The second-order valence-corrected chi connectivity index (χ2v) is 7.45. The third kappa shape index (κ3) is 6.03. The van der Waals surface area contributed by atoms with Gasteiger partial charge in [-0.05, 0) is 50.2 Å². The molecule has 0 aliphatic rings. The van der Waals surface area contributed by atoms with Crippen LogP contribution in [0.5, 0.6) is 11.5 Å². The lowest BCUT2D eigenvalue weighted by atomic mass is 10.2. The SMILES string of the molecule is CCOC(=O)c1cn(-c2ccc(Cl)cc2)nc1C(=O)Nc1ccc(OCC(C)O)c(OC)c1. The number of aliphatic hydroxyl groups is 1. The van der Waals surface area contributed by atoms with Crippen LogP contribution >= 0.6 is 11.6 Å². The van der Waals surface area contributed by atoms with Crippen LogP contribution in [0.25, 0.3) is 5.69 Å². The van der Waals surface area contributed by atoms with E-state index in [-0.39, 0.29) is 24.5 Å². The molecule has 2 N–H and O–H groups in total. The maximum atomic E-state index is 13.0. The minimum Gasteiger partial charge on any atom is -0.493 e. The highest BCUT2D eigenvalue weighted by atomic mass is 35.5. The molecular weight excluding hydrogens is 450 g/mol. The fourth-order valence-electron chi connectivity index (χ4n) is 2.89. The highest BCUT2D eigenvalue weighted by Crippen LogP contribution is 2.30. The summed E-state index contributed by atoms with van der Waals surface area (Å²) >= 11 is 5.94. The predicted octanol–water partition coefficient (Wildman–Crippen LogP) is 3.72. The van der Waals surface area contributed by atoms with Crippen LogP contribution in [0.4, 0.5) is 5.69 Å². The first-order chi connectivity index (χ1) is 15.8. The Morgan fingerprint density at radius 1 is 1.18 bits per heavy atom. The van der Waals surface area contributed by atoms with Gasteiger partial charge in [-0.25, -0.2) is 9.48 Å². The number of halogens is 1. The molecule has 1 atom stereocenters. The first kappa shape index (κ1) is 24.1. The number of nitrogens with one attached hydrogen (secondary N) is 1. The van der Waals surface area contributed by atoms with Crippen molar-refractivity contribution >= 4 is 29.2 Å². The predicted molar refractivity (Wildman–Crippen MR) is 123 cm³/mol. The van der Waals surface area contributed by atoms with E-state index in [0.717, 1.165) is 0 Å². The third-order valence-electron chi connectivity index (χ3n) is 4.42. The van der Waals surface area contributed by atoms with E-state index < -0.39 is 18.0 Å². The molecule has 0 bridgehead atoms. The number of hydrogen-bond acceptors (Lipinski definition) is 7. The molecule has 174 valence electrons. The molecule has 3 rings (SSSR count). The Morgan fingerprint density at radius 3 is 2.55 bits per heavy atom. The Hall–Kier alpha value is -3.56. The van der Waals surface area contributed by atoms with Crippen molar-refractivity contribution in [2.75, 3.05) is 25.6 Å². The number of amides is 1. The Balaban J connectivity index is 1.89. The summed E-state index contributed by atoms with van der Waals surface area (Å²) in [7, 11) is 1.46. The number of rotatable bonds is 9. The Bertz CT molecular complexity index is 1130. The number of hydrogen-bond donors (Lipinski definition) is 2. The zero-order valence-electron chi connectivity index (χ0n) is 18.4. The number of carbonyl (C=O) groups is 2. The number of esters is 1.